The number of amides is 1. The SMILES string of the molecule is N#Cc1ccc(CN2CCCN(C(=O)CC3CC4CCC3C4)CC2)cc1. The summed E-state index contributed by atoms with van der Waals surface area (Å²) in [4.78, 5) is 17.3. The Morgan fingerprint density at radius 2 is 1.92 bits per heavy atom. The van der Waals surface area contributed by atoms with Crippen LogP contribution in [-0.4, -0.2) is 41.9 Å². The predicted octanol–water partition coefficient (Wildman–Crippen LogP) is 3.42. The molecule has 3 aliphatic rings. The molecule has 1 aromatic carbocycles. The van der Waals surface area contributed by atoms with Gasteiger partial charge in [0.05, 0.1) is 11.6 Å². The summed E-state index contributed by atoms with van der Waals surface area (Å²) < 4.78 is 0. The highest BCUT2D eigenvalue weighted by molar-refractivity contribution is 5.76. The Kier molecular flexibility index (Phi) is 5.26. The van der Waals surface area contributed by atoms with Crippen LogP contribution < -0.4 is 0 Å². The minimum absolute atomic E-state index is 0.391. The number of carbonyl (C=O) groups is 1. The van der Waals surface area contributed by atoms with Crippen molar-refractivity contribution in [2.45, 2.75) is 45.1 Å². The third kappa shape index (κ3) is 3.94. The third-order valence-electron chi connectivity index (χ3n) is 6.75. The molecule has 0 N–H and O–H groups in total. The first-order valence-electron chi connectivity index (χ1n) is 10.2. The van der Waals surface area contributed by atoms with Gasteiger partial charge in [0, 0.05) is 39.1 Å². The summed E-state index contributed by atoms with van der Waals surface area (Å²) in [5.74, 6) is 2.82. The number of nitrogens with zero attached hydrogens (tertiary/aromatic N) is 3. The molecule has 1 aromatic rings. The number of carbonyl (C=O) groups excluding carboxylic acids is 1. The number of rotatable bonds is 4. The predicted molar refractivity (Wildman–Crippen MR) is 101 cm³/mol. The van der Waals surface area contributed by atoms with Crippen LogP contribution in [-0.2, 0) is 11.3 Å². The van der Waals surface area contributed by atoms with Crippen LogP contribution in [0.1, 0.15) is 49.7 Å². The lowest BCUT2D eigenvalue weighted by Gasteiger charge is -2.26. The van der Waals surface area contributed by atoms with Crippen LogP contribution in [0.2, 0.25) is 0 Å². The zero-order valence-electron chi connectivity index (χ0n) is 15.6. The minimum atomic E-state index is 0.391. The Morgan fingerprint density at radius 1 is 1.08 bits per heavy atom. The Balaban J connectivity index is 1.27. The molecule has 2 saturated carbocycles. The maximum atomic E-state index is 12.8. The second kappa shape index (κ2) is 7.80. The molecule has 0 aromatic heterocycles. The molecule has 3 atom stereocenters. The Morgan fingerprint density at radius 3 is 2.62 bits per heavy atom. The van der Waals surface area contributed by atoms with E-state index in [9.17, 15) is 4.79 Å². The molecule has 1 amide bonds. The van der Waals surface area contributed by atoms with Crippen molar-refractivity contribution in [3.05, 3.63) is 35.4 Å². The van der Waals surface area contributed by atoms with Gasteiger partial charge in [-0.2, -0.15) is 5.26 Å². The molecule has 3 fully saturated rings. The summed E-state index contributed by atoms with van der Waals surface area (Å²) in [5, 5.41) is 8.91. The van der Waals surface area contributed by atoms with E-state index in [4.69, 9.17) is 5.26 Å². The number of hydrogen-bond donors (Lipinski definition) is 0. The quantitative estimate of drug-likeness (QED) is 0.835. The van der Waals surface area contributed by atoms with Crippen molar-refractivity contribution in [3.63, 3.8) is 0 Å². The molecular formula is C22H29N3O. The van der Waals surface area contributed by atoms with Gasteiger partial charge in [0.25, 0.3) is 0 Å². The second-order valence-electron chi connectivity index (χ2n) is 8.46. The van der Waals surface area contributed by atoms with Gasteiger partial charge in [-0.05, 0) is 61.1 Å². The highest BCUT2D eigenvalue weighted by atomic mass is 16.2. The summed E-state index contributed by atoms with van der Waals surface area (Å²) in [6.07, 6.45) is 7.30. The van der Waals surface area contributed by atoms with Crippen LogP contribution in [0.5, 0.6) is 0 Å². The van der Waals surface area contributed by atoms with Gasteiger partial charge in [-0.25, -0.2) is 0 Å². The van der Waals surface area contributed by atoms with Crippen molar-refractivity contribution < 1.29 is 4.79 Å². The van der Waals surface area contributed by atoms with Crippen LogP contribution in [0, 0.1) is 29.1 Å². The van der Waals surface area contributed by atoms with E-state index < -0.39 is 0 Å². The van der Waals surface area contributed by atoms with E-state index in [0.29, 0.717) is 17.4 Å². The molecule has 4 rings (SSSR count). The van der Waals surface area contributed by atoms with E-state index >= 15 is 0 Å². The van der Waals surface area contributed by atoms with Crippen LogP contribution in [0.3, 0.4) is 0 Å². The van der Waals surface area contributed by atoms with Crippen molar-refractivity contribution in [2.75, 3.05) is 26.2 Å². The highest BCUT2D eigenvalue weighted by Crippen LogP contribution is 2.49. The first-order chi connectivity index (χ1) is 12.7. The summed E-state index contributed by atoms with van der Waals surface area (Å²) in [5.41, 5.74) is 1.95. The second-order valence-corrected chi connectivity index (χ2v) is 8.46. The smallest absolute Gasteiger partial charge is 0.222 e. The van der Waals surface area contributed by atoms with E-state index in [2.05, 4.69) is 15.9 Å². The van der Waals surface area contributed by atoms with Gasteiger partial charge in [-0.15, -0.1) is 0 Å². The molecule has 1 aliphatic heterocycles. The van der Waals surface area contributed by atoms with Crippen molar-refractivity contribution in [1.82, 2.24) is 9.80 Å². The number of nitriles is 1. The molecule has 4 heteroatoms. The van der Waals surface area contributed by atoms with Gasteiger partial charge in [-0.1, -0.05) is 18.6 Å². The van der Waals surface area contributed by atoms with Gasteiger partial charge in [0.15, 0.2) is 0 Å². The molecule has 1 saturated heterocycles. The normalized spacial score (nSPS) is 28.7. The van der Waals surface area contributed by atoms with Crippen molar-refractivity contribution >= 4 is 5.91 Å². The summed E-state index contributed by atoms with van der Waals surface area (Å²) in [6, 6.07) is 10.0. The molecular weight excluding hydrogens is 322 g/mol. The molecule has 1 heterocycles. The average molecular weight is 351 g/mol. The number of hydrogen-bond acceptors (Lipinski definition) is 3. The van der Waals surface area contributed by atoms with E-state index in [-0.39, 0.29) is 0 Å². The monoisotopic (exact) mass is 351 g/mol. The van der Waals surface area contributed by atoms with Crippen molar-refractivity contribution in [1.29, 1.82) is 5.26 Å². The lowest BCUT2D eigenvalue weighted by molar-refractivity contribution is -0.132. The third-order valence-corrected chi connectivity index (χ3v) is 6.75. The fourth-order valence-electron chi connectivity index (χ4n) is 5.30. The lowest BCUT2D eigenvalue weighted by Crippen LogP contribution is -2.36. The molecule has 0 spiro atoms. The Bertz CT molecular complexity index is 678. The topological polar surface area (TPSA) is 47.3 Å². The average Bonchev–Trinajstić information content (AvgIpc) is 3.19. The van der Waals surface area contributed by atoms with Crippen molar-refractivity contribution in [2.24, 2.45) is 17.8 Å². The molecule has 2 bridgehead atoms. The standard InChI is InChI=1S/C22H29N3O/c23-15-17-2-4-18(5-3-17)16-24-8-1-9-25(11-10-24)22(26)14-21-13-19-6-7-20(21)12-19/h2-5,19-21H,1,6-14,16H2. The van der Waals surface area contributed by atoms with Gasteiger partial charge < -0.3 is 4.90 Å². The molecule has 3 unspecified atom stereocenters. The molecule has 4 nitrogen and oxygen atoms in total. The first-order valence-corrected chi connectivity index (χ1v) is 10.2. The Hall–Kier alpha value is -1.86. The maximum absolute atomic E-state index is 12.8. The van der Waals surface area contributed by atoms with Crippen LogP contribution in [0.4, 0.5) is 0 Å². The number of benzene rings is 1. The van der Waals surface area contributed by atoms with E-state index in [0.717, 1.165) is 57.4 Å². The summed E-state index contributed by atoms with van der Waals surface area (Å²) in [7, 11) is 0. The number of fused-ring (bicyclic) bond motifs is 2. The zero-order valence-corrected chi connectivity index (χ0v) is 15.6. The van der Waals surface area contributed by atoms with E-state index in [1.54, 1.807) is 0 Å². The largest absolute Gasteiger partial charge is 0.341 e. The molecule has 2 aliphatic carbocycles. The molecule has 138 valence electrons. The van der Waals surface area contributed by atoms with Crippen LogP contribution >= 0.6 is 0 Å². The van der Waals surface area contributed by atoms with Gasteiger partial charge in [0.2, 0.25) is 5.91 Å². The lowest BCUT2D eigenvalue weighted by atomic mass is 9.86. The summed E-state index contributed by atoms with van der Waals surface area (Å²) >= 11 is 0. The first kappa shape index (κ1) is 17.5. The zero-order chi connectivity index (χ0) is 17.9. The van der Waals surface area contributed by atoms with Gasteiger partial charge in [-0.3, -0.25) is 9.69 Å². The van der Waals surface area contributed by atoms with E-state index in [1.165, 1.54) is 31.2 Å². The summed E-state index contributed by atoms with van der Waals surface area (Å²) in [6.45, 7) is 4.65. The van der Waals surface area contributed by atoms with E-state index in [1.807, 2.05) is 24.3 Å². The van der Waals surface area contributed by atoms with Crippen LogP contribution in [0.15, 0.2) is 24.3 Å². The van der Waals surface area contributed by atoms with Crippen molar-refractivity contribution in [3.8, 4) is 6.07 Å². The van der Waals surface area contributed by atoms with Gasteiger partial charge >= 0.3 is 0 Å². The Labute approximate surface area is 156 Å². The molecule has 0 radical (unpaired) electrons. The maximum Gasteiger partial charge on any atom is 0.222 e. The fraction of sp³-hybridized carbons (Fsp3) is 0.636. The molecule has 26 heavy (non-hydrogen) atoms. The minimum Gasteiger partial charge on any atom is -0.341 e. The van der Waals surface area contributed by atoms with Gasteiger partial charge in [0.1, 0.15) is 0 Å². The highest BCUT2D eigenvalue weighted by Gasteiger charge is 2.40. The fourth-order valence-corrected chi connectivity index (χ4v) is 5.30. The van der Waals surface area contributed by atoms with Crippen LogP contribution in [0.25, 0.3) is 0 Å².